The predicted octanol–water partition coefficient (Wildman–Crippen LogP) is 1.23. The van der Waals surface area contributed by atoms with Crippen molar-refractivity contribution in [2.45, 2.75) is 30.7 Å². The fourth-order valence-corrected chi connectivity index (χ4v) is 4.92. The Labute approximate surface area is 147 Å². The monoisotopic (exact) mass is 390 g/mol. The topological polar surface area (TPSA) is 107 Å². The van der Waals surface area contributed by atoms with Gasteiger partial charge in [-0.1, -0.05) is 0 Å². The van der Waals surface area contributed by atoms with Crippen LogP contribution in [-0.2, 0) is 22.0 Å². The fraction of sp³-hybridized carbons (Fsp3) is 0.533. The van der Waals surface area contributed by atoms with Crippen LogP contribution < -0.4 is 9.44 Å². The number of nitrogens with one attached hydrogen (secondary N) is 3. The van der Waals surface area contributed by atoms with Crippen LogP contribution in [-0.4, -0.2) is 36.8 Å². The first-order valence-electron chi connectivity index (χ1n) is 8.02. The molecule has 2 aromatic rings. The number of halogens is 3. The van der Waals surface area contributed by atoms with E-state index < -0.39 is 27.6 Å². The maximum absolute atomic E-state index is 13.2. The number of hydrogen-bond acceptors (Lipinski definition) is 4. The molecule has 1 aromatic heterocycles. The summed E-state index contributed by atoms with van der Waals surface area (Å²) in [5, 5.41) is 17.8. The van der Waals surface area contributed by atoms with Crippen LogP contribution in [0, 0.1) is 11.8 Å². The van der Waals surface area contributed by atoms with Crippen LogP contribution in [0.4, 0.5) is 13.2 Å². The van der Waals surface area contributed by atoms with E-state index in [2.05, 4.69) is 19.6 Å². The third-order valence-corrected chi connectivity index (χ3v) is 6.55. The van der Waals surface area contributed by atoms with E-state index in [-0.39, 0.29) is 41.8 Å². The number of nitrogens with zero attached hydrogens (tertiary/aromatic N) is 1. The zero-order chi connectivity index (χ0) is 18.9. The van der Waals surface area contributed by atoms with Crippen LogP contribution >= 0.6 is 0 Å². The summed E-state index contributed by atoms with van der Waals surface area (Å²) < 4.78 is 67.4. The quantitative estimate of drug-likeness (QED) is 0.630. The molecule has 2 aliphatic carbocycles. The van der Waals surface area contributed by atoms with Gasteiger partial charge >= 0.3 is 6.18 Å². The summed E-state index contributed by atoms with van der Waals surface area (Å²) in [6, 6.07) is 1.63. The van der Waals surface area contributed by atoms with Gasteiger partial charge in [0.15, 0.2) is 0 Å². The van der Waals surface area contributed by atoms with Crippen molar-refractivity contribution in [2.75, 3.05) is 7.05 Å². The lowest BCUT2D eigenvalue weighted by Gasteiger charge is -2.28. The van der Waals surface area contributed by atoms with Crippen molar-refractivity contribution in [3.63, 3.8) is 0 Å². The molecule has 1 aromatic carbocycles. The largest absolute Gasteiger partial charge is 0.416 e. The number of aromatic nitrogens is 2. The minimum atomic E-state index is -4.54. The summed E-state index contributed by atoms with van der Waals surface area (Å²) in [5.41, 5.74) is -1.92. The van der Waals surface area contributed by atoms with Crippen LogP contribution in [0.3, 0.4) is 0 Å². The Morgan fingerprint density at radius 2 is 1.96 bits per heavy atom. The number of alkyl halides is 3. The first-order valence-corrected chi connectivity index (χ1v) is 9.50. The highest BCUT2D eigenvalue weighted by atomic mass is 32.2. The van der Waals surface area contributed by atoms with E-state index in [9.17, 15) is 26.7 Å². The summed E-state index contributed by atoms with van der Waals surface area (Å²) in [6.45, 7) is 0. The predicted molar refractivity (Wildman–Crippen MR) is 86.1 cm³/mol. The molecule has 1 heterocycles. The van der Waals surface area contributed by atoms with Crippen LogP contribution in [0.1, 0.15) is 24.0 Å². The lowest BCUT2D eigenvalue weighted by Crippen LogP contribution is -2.39. The molecule has 2 aliphatic rings. The number of rotatable bonds is 4. The Hall–Kier alpha value is -1.69. The first kappa shape index (κ1) is 17.7. The Bertz CT molecular complexity index is 960. The van der Waals surface area contributed by atoms with Crippen molar-refractivity contribution >= 4 is 21.1 Å². The number of fused-ring (bicyclic) bond motifs is 2. The van der Waals surface area contributed by atoms with Gasteiger partial charge in [0.05, 0.1) is 22.9 Å². The second-order valence-electron chi connectivity index (χ2n) is 6.97. The summed E-state index contributed by atoms with van der Waals surface area (Å²) in [5.74, 6) is -0.223. The fourth-order valence-electron chi connectivity index (χ4n) is 4.10. The molecule has 2 fully saturated rings. The molecule has 0 amide bonds. The summed E-state index contributed by atoms with van der Waals surface area (Å²) in [6.07, 6.45) is -2.77. The van der Waals surface area contributed by atoms with Crippen LogP contribution in [0.2, 0.25) is 0 Å². The van der Waals surface area contributed by atoms with Gasteiger partial charge in [-0.05, 0) is 42.4 Å². The molecule has 0 unspecified atom stereocenters. The van der Waals surface area contributed by atoms with Gasteiger partial charge < -0.3 is 5.11 Å². The van der Waals surface area contributed by atoms with Crippen molar-refractivity contribution in [3.8, 4) is 0 Å². The number of aliphatic hydroxyl groups is 1. The van der Waals surface area contributed by atoms with Gasteiger partial charge in [0, 0.05) is 18.5 Å². The van der Waals surface area contributed by atoms with Crippen LogP contribution in [0.25, 0.3) is 10.9 Å². The van der Waals surface area contributed by atoms with E-state index in [4.69, 9.17) is 0 Å². The first-order chi connectivity index (χ1) is 12.0. The van der Waals surface area contributed by atoms with E-state index in [1.807, 2.05) is 0 Å². The van der Waals surface area contributed by atoms with Crippen LogP contribution in [0.15, 0.2) is 18.3 Å². The Kier molecular flexibility index (Phi) is 3.69. The molecule has 4 atom stereocenters. The minimum absolute atomic E-state index is 0.111. The highest BCUT2D eigenvalue weighted by Crippen LogP contribution is 2.60. The minimum Gasteiger partial charge on any atom is -0.385 e. The van der Waals surface area contributed by atoms with Crippen molar-refractivity contribution in [3.05, 3.63) is 29.5 Å². The molecule has 7 nitrogen and oxygen atoms in total. The van der Waals surface area contributed by atoms with Gasteiger partial charge in [-0.2, -0.15) is 31.4 Å². The molecular formula is C15H17F3N4O3S. The standard InChI is InChI=1S/C15H17F3N4O3S/c1-19-26(24,25)22-13-8-4-14(23,5-9(8)13)11-2-7(15(16,17)18)3-12-10(11)6-20-21-12/h2-3,6,8-9,13,19,22-23H,4-5H2,1H3,(H,20,21)/t8-,9+,13+,14+. The third kappa shape index (κ3) is 2.79. The van der Waals surface area contributed by atoms with Gasteiger partial charge in [0.1, 0.15) is 0 Å². The number of H-pyrrole nitrogens is 1. The maximum Gasteiger partial charge on any atom is 0.416 e. The molecule has 0 aliphatic heterocycles. The molecule has 2 saturated carbocycles. The van der Waals surface area contributed by atoms with E-state index >= 15 is 0 Å². The van der Waals surface area contributed by atoms with Crippen molar-refractivity contribution in [2.24, 2.45) is 11.8 Å². The van der Waals surface area contributed by atoms with Crippen molar-refractivity contribution < 1.29 is 26.7 Å². The Balaban J connectivity index is 1.65. The van der Waals surface area contributed by atoms with E-state index in [1.54, 1.807) is 0 Å². The highest BCUT2D eigenvalue weighted by Gasteiger charge is 2.62. The normalized spacial score (nSPS) is 31.3. The average molecular weight is 390 g/mol. The molecule has 4 rings (SSSR count). The second kappa shape index (κ2) is 5.41. The maximum atomic E-state index is 13.2. The van der Waals surface area contributed by atoms with Gasteiger partial charge in [0.25, 0.3) is 10.2 Å². The van der Waals surface area contributed by atoms with Gasteiger partial charge in [-0.15, -0.1) is 0 Å². The van der Waals surface area contributed by atoms with Crippen molar-refractivity contribution in [1.29, 1.82) is 0 Å². The number of benzene rings is 1. The van der Waals surface area contributed by atoms with Crippen LogP contribution in [0.5, 0.6) is 0 Å². The van der Waals surface area contributed by atoms with E-state index in [1.165, 1.54) is 13.2 Å². The molecule has 0 radical (unpaired) electrons. The molecule has 0 spiro atoms. The smallest absolute Gasteiger partial charge is 0.385 e. The van der Waals surface area contributed by atoms with Gasteiger partial charge in [-0.3, -0.25) is 5.10 Å². The molecule has 4 N–H and O–H groups in total. The highest BCUT2D eigenvalue weighted by molar-refractivity contribution is 7.87. The summed E-state index contributed by atoms with van der Waals surface area (Å²) in [7, 11) is -2.31. The third-order valence-electron chi connectivity index (χ3n) is 5.43. The van der Waals surface area contributed by atoms with Gasteiger partial charge in [-0.25, -0.2) is 4.72 Å². The molecule has 0 bridgehead atoms. The molecular weight excluding hydrogens is 373 g/mol. The molecule has 0 saturated heterocycles. The SMILES string of the molecule is CNS(=O)(=O)N[C@H]1[C@@H]2C[C@@](O)(c3cc(C(F)(F)F)cc4[nH]ncc34)C[C@@H]21. The summed E-state index contributed by atoms with van der Waals surface area (Å²) in [4.78, 5) is 0. The molecule has 26 heavy (non-hydrogen) atoms. The zero-order valence-corrected chi connectivity index (χ0v) is 14.4. The molecule has 142 valence electrons. The molecule has 11 heteroatoms. The van der Waals surface area contributed by atoms with E-state index in [0.717, 1.165) is 12.1 Å². The van der Waals surface area contributed by atoms with E-state index in [0.29, 0.717) is 5.39 Å². The van der Waals surface area contributed by atoms with Crippen molar-refractivity contribution in [1.82, 2.24) is 19.6 Å². The summed E-state index contributed by atoms with van der Waals surface area (Å²) >= 11 is 0. The number of aromatic amines is 1. The Morgan fingerprint density at radius 3 is 2.54 bits per heavy atom. The lowest BCUT2D eigenvalue weighted by atomic mass is 9.85. The number of hydrogen-bond donors (Lipinski definition) is 4. The zero-order valence-electron chi connectivity index (χ0n) is 13.6. The second-order valence-corrected chi connectivity index (χ2v) is 8.62. The lowest BCUT2D eigenvalue weighted by molar-refractivity contribution is -0.137. The van der Waals surface area contributed by atoms with Gasteiger partial charge in [0.2, 0.25) is 0 Å². The Morgan fingerprint density at radius 1 is 1.31 bits per heavy atom. The average Bonchev–Trinajstić information content (AvgIpc) is 2.97.